The summed E-state index contributed by atoms with van der Waals surface area (Å²) >= 11 is 0. The van der Waals surface area contributed by atoms with Crippen molar-refractivity contribution in [1.82, 2.24) is 0 Å². The lowest BCUT2D eigenvalue weighted by Crippen LogP contribution is -2.28. The Morgan fingerprint density at radius 3 is 2.64 bits per heavy atom. The zero-order valence-electron chi connectivity index (χ0n) is 7.91. The van der Waals surface area contributed by atoms with E-state index in [1.165, 1.54) is 25.7 Å². The SMILES string of the molecule is CC1=CC[C@@]2(C)CCC[C@@]12C. The molecule has 2 rings (SSSR count). The third kappa shape index (κ3) is 0.706. The minimum atomic E-state index is 0.562. The van der Waals surface area contributed by atoms with Gasteiger partial charge in [0.25, 0.3) is 0 Å². The smallest absolute Gasteiger partial charge is 0.00624 e. The molecule has 0 aromatic carbocycles. The van der Waals surface area contributed by atoms with Gasteiger partial charge in [-0.3, -0.25) is 0 Å². The molecule has 0 aromatic heterocycles. The molecule has 0 aromatic rings. The van der Waals surface area contributed by atoms with Crippen LogP contribution in [-0.4, -0.2) is 0 Å². The van der Waals surface area contributed by atoms with Gasteiger partial charge in [-0.2, -0.15) is 0 Å². The minimum Gasteiger partial charge on any atom is -0.0845 e. The molecular formula is C11H18. The van der Waals surface area contributed by atoms with Gasteiger partial charge in [-0.15, -0.1) is 0 Å². The van der Waals surface area contributed by atoms with Crippen molar-refractivity contribution in [2.45, 2.75) is 46.5 Å². The first-order valence-electron chi connectivity index (χ1n) is 4.76. The summed E-state index contributed by atoms with van der Waals surface area (Å²) in [5, 5.41) is 0. The summed E-state index contributed by atoms with van der Waals surface area (Å²) in [5.41, 5.74) is 2.84. The van der Waals surface area contributed by atoms with Crippen molar-refractivity contribution in [2.75, 3.05) is 0 Å². The van der Waals surface area contributed by atoms with Crippen LogP contribution >= 0.6 is 0 Å². The van der Waals surface area contributed by atoms with Crippen LogP contribution in [0.3, 0.4) is 0 Å². The summed E-state index contributed by atoms with van der Waals surface area (Å²) in [5.74, 6) is 0. The van der Waals surface area contributed by atoms with Crippen molar-refractivity contribution in [3.63, 3.8) is 0 Å². The molecule has 0 saturated heterocycles. The molecule has 1 fully saturated rings. The van der Waals surface area contributed by atoms with E-state index in [1.54, 1.807) is 5.57 Å². The Morgan fingerprint density at radius 1 is 1.27 bits per heavy atom. The van der Waals surface area contributed by atoms with Crippen molar-refractivity contribution < 1.29 is 0 Å². The molecule has 62 valence electrons. The third-order valence-electron chi connectivity index (χ3n) is 4.47. The molecule has 0 nitrogen and oxygen atoms in total. The van der Waals surface area contributed by atoms with Gasteiger partial charge in [-0.25, -0.2) is 0 Å². The van der Waals surface area contributed by atoms with Gasteiger partial charge in [-0.1, -0.05) is 31.9 Å². The van der Waals surface area contributed by atoms with E-state index in [1.807, 2.05) is 0 Å². The Kier molecular flexibility index (Phi) is 1.28. The van der Waals surface area contributed by atoms with Gasteiger partial charge < -0.3 is 0 Å². The highest BCUT2D eigenvalue weighted by Gasteiger charge is 2.51. The molecule has 0 heteroatoms. The minimum absolute atomic E-state index is 0.562. The summed E-state index contributed by atoms with van der Waals surface area (Å²) in [6, 6.07) is 0. The molecule has 0 unspecified atom stereocenters. The first-order valence-corrected chi connectivity index (χ1v) is 4.76. The van der Waals surface area contributed by atoms with Crippen molar-refractivity contribution in [3.8, 4) is 0 Å². The highest BCUT2D eigenvalue weighted by atomic mass is 14.6. The summed E-state index contributed by atoms with van der Waals surface area (Å²) in [4.78, 5) is 0. The van der Waals surface area contributed by atoms with E-state index in [9.17, 15) is 0 Å². The third-order valence-corrected chi connectivity index (χ3v) is 4.47. The topological polar surface area (TPSA) is 0 Å². The van der Waals surface area contributed by atoms with Gasteiger partial charge in [-0.05, 0) is 37.0 Å². The monoisotopic (exact) mass is 150 g/mol. The maximum atomic E-state index is 2.47. The quantitative estimate of drug-likeness (QED) is 0.463. The first-order chi connectivity index (χ1) is 5.08. The Morgan fingerprint density at radius 2 is 2.00 bits per heavy atom. The zero-order chi connectivity index (χ0) is 8.11. The van der Waals surface area contributed by atoms with Crippen molar-refractivity contribution in [2.24, 2.45) is 10.8 Å². The van der Waals surface area contributed by atoms with Crippen LogP contribution in [0.15, 0.2) is 11.6 Å². The van der Waals surface area contributed by atoms with Gasteiger partial charge in [0.05, 0.1) is 0 Å². The lowest BCUT2D eigenvalue weighted by molar-refractivity contribution is 0.178. The normalized spacial score (nSPS) is 49.2. The fourth-order valence-electron chi connectivity index (χ4n) is 3.01. The molecule has 0 spiro atoms. The van der Waals surface area contributed by atoms with Gasteiger partial charge in [0.15, 0.2) is 0 Å². The average Bonchev–Trinajstić information content (AvgIpc) is 2.34. The highest BCUT2D eigenvalue weighted by molar-refractivity contribution is 5.25. The lowest BCUT2D eigenvalue weighted by Gasteiger charge is -2.36. The van der Waals surface area contributed by atoms with E-state index in [4.69, 9.17) is 0 Å². The van der Waals surface area contributed by atoms with E-state index < -0.39 is 0 Å². The van der Waals surface area contributed by atoms with E-state index in [0.29, 0.717) is 10.8 Å². The number of hydrogen-bond donors (Lipinski definition) is 0. The van der Waals surface area contributed by atoms with Gasteiger partial charge in [0, 0.05) is 0 Å². The second-order valence-electron chi connectivity index (χ2n) is 4.84. The Balaban J connectivity index is 2.41. The maximum Gasteiger partial charge on any atom is -0.00624 e. The van der Waals surface area contributed by atoms with E-state index >= 15 is 0 Å². The molecule has 2 aliphatic rings. The van der Waals surface area contributed by atoms with Crippen molar-refractivity contribution >= 4 is 0 Å². The van der Waals surface area contributed by atoms with Crippen LogP contribution in [0, 0.1) is 10.8 Å². The second-order valence-corrected chi connectivity index (χ2v) is 4.84. The predicted octanol–water partition coefficient (Wildman–Crippen LogP) is 3.53. The lowest BCUT2D eigenvalue weighted by atomic mass is 9.68. The van der Waals surface area contributed by atoms with Crippen LogP contribution in [0.4, 0.5) is 0 Å². The summed E-state index contributed by atoms with van der Waals surface area (Å²) < 4.78 is 0. The molecule has 0 radical (unpaired) electrons. The number of fused-ring (bicyclic) bond motifs is 1. The molecule has 0 aliphatic heterocycles. The Labute approximate surface area is 69.7 Å². The van der Waals surface area contributed by atoms with Crippen LogP contribution in [0.5, 0.6) is 0 Å². The fourth-order valence-corrected chi connectivity index (χ4v) is 3.01. The van der Waals surface area contributed by atoms with E-state index in [-0.39, 0.29) is 0 Å². The van der Waals surface area contributed by atoms with Crippen LogP contribution in [0.2, 0.25) is 0 Å². The molecule has 2 atom stereocenters. The Bertz CT molecular complexity index is 214. The fraction of sp³-hybridized carbons (Fsp3) is 0.818. The molecular weight excluding hydrogens is 132 g/mol. The number of rotatable bonds is 0. The summed E-state index contributed by atoms with van der Waals surface area (Å²) in [7, 11) is 0. The van der Waals surface area contributed by atoms with Crippen LogP contribution in [0.25, 0.3) is 0 Å². The molecule has 1 saturated carbocycles. The predicted molar refractivity (Wildman–Crippen MR) is 48.4 cm³/mol. The molecule has 0 amide bonds. The number of allylic oxidation sites excluding steroid dienone is 2. The second kappa shape index (κ2) is 1.91. The van der Waals surface area contributed by atoms with E-state index in [2.05, 4.69) is 26.8 Å². The molecule has 2 aliphatic carbocycles. The van der Waals surface area contributed by atoms with Crippen molar-refractivity contribution in [3.05, 3.63) is 11.6 Å². The van der Waals surface area contributed by atoms with Gasteiger partial charge in [0.1, 0.15) is 0 Å². The Hall–Kier alpha value is -0.260. The summed E-state index contributed by atoms with van der Waals surface area (Å²) in [6.07, 6.45) is 8.09. The largest absolute Gasteiger partial charge is 0.0845 e. The molecule has 0 N–H and O–H groups in total. The molecule has 0 heterocycles. The standard InChI is InChI=1S/C11H18/c1-9-5-8-10(2)6-4-7-11(9,10)3/h5H,4,6-8H2,1-3H3/t10-,11+/m1/s1. The highest BCUT2D eigenvalue weighted by Crippen LogP contribution is 2.62. The average molecular weight is 150 g/mol. The first kappa shape index (κ1) is 7.39. The molecule has 11 heavy (non-hydrogen) atoms. The molecule has 0 bridgehead atoms. The van der Waals surface area contributed by atoms with Gasteiger partial charge in [0.2, 0.25) is 0 Å². The number of hydrogen-bond acceptors (Lipinski definition) is 0. The maximum absolute atomic E-state index is 2.47. The van der Waals surface area contributed by atoms with Gasteiger partial charge >= 0.3 is 0 Å². The zero-order valence-corrected chi connectivity index (χ0v) is 7.91. The van der Waals surface area contributed by atoms with E-state index in [0.717, 1.165) is 0 Å². The van der Waals surface area contributed by atoms with Crippen molar-refractivity contribution in [1.29, 1.82) is 0 Å². The van der Waals surface area contributed by atoms with Crippen LogP contribution < -0.4 is 0 Å². The van der Waals surface area contributed by atoms with Crippen LogP contribution in [-0.2, 0) is 0 Å². The summed E-state index contributed by atoms with van der Waals surface area (Å²) in [6.45, 7) is 7.24. The van der Waals surface area contributed by atoms with Crippen LogP contribution in [0.1, 0.15) is 46.5 Å².